The second kappa shape index (κ2) is 12.2. The van der Waals surface area contributed by atoms with Gasteiger partial charge in [-0.1, -0.05) is 59.2 Å². The summed E-state index contributed by atoms with van der Waals surface area (Å²) < 4.78 is 5.43. The molecule has 2 aliphatic rings. The minimum atomic E-state index is -0.457. The van der Waals surface area contributed by atoms with E-state index in [1.54, 1.807) is 55.3 Å². The Bertz CT molecular complexity index is 1530. The van der Waals surface area contributed by atoms with Crippen LogP contribution in [0.25, 0.3) is 0 Å². The number of halogens is 2. The summed E-state index contributed by atoms with van der Waals surface area (Å²) in [6.45, 7) is 2.61. The minimum Gasteiger partial charge on any atom is -0.495 e. The monoisotopic (exact) mass is 595 g/mol. The van der Waals surface area contributed by atoms with Crippen molar-refractivity contribution >= 4 is 69.1 Å². The van der Waals surface area contributed by atoms with Crippen molar-refractivity contribution in [3.63, 3.8) is 0 Å². The number of benzene rings is 3. The molecule has 3 aromatic carbocycles. The summed E-state index contributed by atoms with van der Waals surface area (Å²) in [7, 11) is 1.57. The van der Waals surface area contributed by atoms with E-state index in [9.17, 15) is 9.59 Å². The SMILES string of the molecule is COc1ccccc1NC(=O)C1=C(C)N=C2SCCCN2C1c1cccc(NC(=O)Nc2ccc(Cl)cc2Cl)c1. The molecule has 0 spiro atoms. The first-order valence-corrected chi connectivity index (χ1v) is 14.3. The van der Waals surface area contributed by atoms with E-state index in [4.69, 9.17) is 32.9 Å². The highest BCUT2D eigenvalue weighted by atomic mass is 35.5. The number of ether oxygens (including phenoxy) is 1. The van der Waals surface area contributed by atoms with E-state index >= 15 is 0 Å². The first-order valence-electron chi connectivity index (χ1n) is 12.6. The van der Waals surface area contributed by atoms with Gasteiger partial charge < -0.3 is 25.6 Å². The number of hydrogen-bond donors (Lipinski definition) is 3. The van der Waals surface area contributed by atoms with Crippen LogP contribution in [0.4, 0.5) is 21.9 Å². The van der Waals surface area contributed by atoms with E-state index in [1.807, 2.05) is 37.3 Å². The normalized spacial score (nSPS) is 16.6. The maximum absolute atomic E-state index is 13.8. The molecule has 0 saturated carbocycles. The molecule has 5 rings (SSSR count). The van der Waals surface area contributed by atoms with Gasteiger partial charge in [-0.2, -0.15) is 0 Å². The lowest BCUT2D eigenvalue weighted by Crippen LogP contribution is -2.43. The van der Waals surface area contributed by atoms with E-state index in [2.05, 4.69) is 20.9 Å². The molecule has 0 radical (unpaired) electrons. The fourth-order valence-corrected chi connectivity index (χ4v) is 6.18. The first-order chi connectivity index (χ1) is 19.3. The molecular weight excluding hydrogens is 569 g/mol. The molecule has 40 heavy (non-hydrogen) atoms. The number of urea groups is 1. The molecule has 1 fully saturated rings. The van der Waals surface area contributed by atoms with Crippen molar-refractivity contribution in [3.8, 4) is 5.75 Å². The third kappa shape index (κ3) is 6.06. The Kier molecular flexibility index (Phi) is 8.54. The number of anilines is 3. The summed E-state index contributed by atoms with van der Waals surface area (Å²) in [4.78, 5) is 33.5. The maximum atomic E-state index is 13.8. The van der Waals surface area contributed by atoms with Crippen LogP contribution < -0.4 is 20.7 Å². The van der Waals surface area contributed by atoms with Crippen molar-refractivity contribution in [1.29, 1.82) is 0 Å². The molecule has 11 heteroatoms. The second-order valence-corrected chi connectivity index (χ2v) is 11.1. The lowest BCUT2D eigenvalue weighted by atomic mass is 9.93. The molecule has 1 unspecified atom stereocenters. The number of fused-ring (bicyclic) bond motifs is 1. The third-order valence-electron chi connectivity index (χ3n) is 6.50. The lowest BCUT2D eigenvalue weighted by Gasteiger charge is -2.41. The number of carbonyl (C=O) groups excluding carboxylic acids is 2. The molecule has 3 amide bonds. The highest BCUT2D eigenvalue weighted by Crippen LogP contribution is 2.41. The van der Waals surface area contributed by atoms with Gasteiger partial charge in [-0.15, -0.1) is 0 Å². The van der Waals surface area contributed by atoms with Crippen LogP contribution in [-0.4, -0.2) is 41.4 Å². The zero-order valence-electron chi connectivity index (χ0n) is 21.8. The molecule has 2 aliphatic heterocycles. The van der Waals surface area contributed by atoms with Gasteiger partial charge in [0.2, 0.25) is 0 Å². The van der Waals surface area contributed by atoms with E-state index < -0.39 is 12.1 Å². The summed E-state index contributed by atoms with van der Waals surface area (Å²) in [6, 6.07) is 18.7. The van der Waals surface area contributed by atoms with E-state index in [-0.39, 0.29) is 5.91 Å². The van der Waals surface area contributed by atoms with Gasteiger partial charge in [0.25, 0.3) is 5.91 Å². The van der Waals surface area contributed by atoms with Gasteiger partial charge in [0.15, 0.2) is 5.17 Å². The predicted octanol–water partition coefficient (Wildman–Crippen LogP) is 7.41. The highest BCUT2D eigenvalue weighted by Gasteiger charge is 2.37. The molecule has 0 aliphatic carbocycles. The number of allylic oxidation sites excluding steroid dienone is 1. The summed E-state index contributed by atoms with van der Waals surface area (Å²) in [5, 5.41) is 10.3. The third-order valence-corrected chi connectivity index (χ3v) is 8.12. The van der Waals surface area contributed by atoms with Gasteiger partial charge in [0, 0.05) is 23.0 Å². The van der Waals surface area contributed by atoms with Crippen molar-refractivity contribution < 1.29 is 14.3 Å². The van der Waals surface area contributed by atoms with Gasteiger partial charge in [0.05, 0.1) is 40.8 Å². The van der Waals surface area contributed by atoms with Gasteiger partial charge in [-0.3, -0.25) is 4.79 Å². The second-order valence-electron chi connectivity index (χ2n) is 9.17. The van der Waals surface area contributed by atoms with E-state index in [1.165, 1.54) is 0 Å². The number of thioether (sulfide) groups is 1. The Balaban J connectivity index is 1.44. The Hall–Kier alpha value is -3.66. The number of nitrogens with zero attached hydrogens (tertiary/aromatic N) is 2. The van der Waals surface area contributed by atoms with E-state index in [0.717, 1.165) is 29.4 Å². The number of rotatable bonds is 6. The molecule has 3 N–H and O–H groups in total. The largest absolute Gasteiger partial charge is 0.495 e. The molecular formula is C29H27Cl2N5O3S. The molecule has 2 heterocycles. The molecule has 0 aromatic heterocycles. The topological polar surface area (TPSA) is 95.1 Å². The van der Waals surface area contributed by atoms with Crippen molar-refractivity contribution in [3.05, 3.63) is 93.6 Å². The van der Waals surface area contributed by atoms with Gasteiger partial charge >= 0.3 is 6.03 Å². The Morgan fingerprint density at radius 2 is 1.82 bits per heavy atom. The Labute approximate surface area is 246 Å². The molecule has 206 valence electrons. The quantitative estimate of drug-likeness (QED) is 0.276. The summed E-state index contributed by atoms with van der Waals surface area (Å²) in [5.41, 5.74) is 3.60. The zero-order valence-corrected chi connectivity index (χ0v) is 24.2. The fourth-order valence-electron chi connectivity index (χ4n) is 4.70. The number of amidine groups is 1. The fraction of sp³-hybridized carbons (Fsp3) is 0.207. The van der Waals surface area contributed by atoms with Crippen molar-refractivity contribution in [1.82, 2.24) is 4.90 Å². The minimum absolute atomic E-state index is 0.265. The van der Waals surface area contributed by atoms with Crippen LogP contribution in [0.15, 0.2) is 83.0 Å². The first kappa shape index (κ1) is 27.9. The number of para-hydroxylation sites is 2. The van der Waals surface area contributed by atoms with Crippen molar-refractivity contribution in [2.24, 2.45) is 4.99 Å². The standard InChI is InChI=1S/C29H27Cl2N5O3S/c1-17-25(27(37)34-23-9-3-4-10-24(23)39-2)26(36-13-6-14-40-29(36)32-17)18-7-5-8-20(15-18)33-28(38)35-22-12-11-19(30)16-21(22)31/h3-5,7-12,15-16,26H,6,13-14H2,1-2H3,(H,34,37)(H2,33,35,38). The molecule has 0 bridgehead atoms. The van der Waals surface area contributed by atoms with Crippen LogP contribution in [0.1, 0.15) is 24.9 Å². The Morgan fingerprint density at radius 3 is 2.62 bits per heavy atom. The van der Waals surface area contributed by atoms with Gasteiger partial charge in [-0.05, 0) is 61.4 Å². The van der Waals surface area contributed by atoms with Crippen LogP contribution in [0.5, 0.6) is 5.75 Å². The number of hydrogen-bond acceptors (Lipinski definition) is 6. The van der Waals surface area contributed by atoms with Gasteiger partial charge in [0.1, 0.15) is 5.75 Å². The van der Waals surface area contributed by atoms with Crippen LogP contribution in [-0.2, 0) is 4.79 Å². The molecule has 3 aromatic rings. The van der Waals surface area contributed by atoms with Crippen LogP contribution in [0.2, 0.25) is 10.0 Å². The summed E-state index contributed by atoms with van der Waals surface area (Å²) in [6.07, 6.45) is 0.961. The van der Waals surface area contributed by atoms with Crippen LogP contribution in [0, 0.1) is 0 Å². The molecule has 1 atom stereocenters. The lowest BCUT2D eigenvalue weighted by molar-refractivity contribution is -0.113. The zero-order chi connectivity index (χ0) is 28.2. The average Bonchev–Trinajstić information content (AvgIpc) is 2.94. The molecule has 8 nitrogen and oxygen atoms in total. The average molecular weight is 597 g/mol. The smallest absolute Gasteiger partial charge is 0.323 e. The van der Waals surface area contributed by atoms with Crippen LogP contribution in [0.3, 0.4) is 0 Å². The summed E-state index contributed by atoms with van der Waals surface area (Å²) >= 11 is 13.9. The number of methoxy groups -OCH3 is 1. The predicted molar refractivity (Wildman–Crippen MR) is 164 cm³/mol. The number of carbonyl (C=O) groups is 2. The van der Waals surface area contributed by atoms with E-state index in [0.29, 0.717) is 44.1 Å². The number of aliphatic imine (C=N–C) groups is 1. The molecule has 1 saturated heterocycles. The highest BCUT2D eigenvalue weighted by molar-refractivity contribution is 8.13. The Morgan fingerprint density at radius 1 is 1.00 bits per heavy atom. The summed E-state index contributed by atoms with van der Waals surface area (Å²) in [5.74, 6) is 1.27. The maximum Gasteiger partial charge on any atom is 0.323 e. The van der Waals surface area contributed by atoms with Crippen molar-refractivity contribution in [2.45, 2.75) is 19.4 Å². The van der Waals surface area contributed by atoms with Crippen LogP contribution >= 0.6 is 35.0 Å². The number of amides is 3. The number of nitrogens with one attached hydrogen (secondary N) is 3. The van der Waals surface area contributed by atoms with Crippen molar-refractivity contribution in [2.75, 3.05) is 35.4 Å². The van der Waals surface area contributed by atoms with Gasteiger partial charge in [-0.25, -0.2) is 9.79 Å².